The molecule has 4 aromatic rings. The van der Waals surface area contributed by atoms with Crippen LogP contribution >= 0.6 is 0 Å². The summed E-state index contributed by atoms with van der Waals surface area (Å²) in [5, 5.41) is 7.33. The van der Waals surface area contributed by atoms with Gasteiger partial charge in [-0.05, 0) is 68.4 Å². The molecule has 0 aliphatic rings. The molecule has 0 atom stereocenters. The molecule has 158 valence electrons. The Morgan fingerprint density at radius 2 is 1.90 bits per heavy atom. The van der Waals surface area contributed by atoms with E-state index in [9.17, 15) is 4.79 Å². The standard InChI is InChI=1S/C23H22N4O4/c1-15(2)31-23-25-21(20-8-5-13-30-20)27(26-23)18-11-9-17(10-12-18)24-22(28)16-6-4-7-19(14-16)29-3/h4-15H,1-3H3,(H,24,28). The number of carbonyl (C=O) groups excluding carboxylic acids is 1. The first-order valence-corrected chi connectivity index (χ1v) is 9.77. The number of nitrogens with one attached hydrogen (secondary N) is 1. The van der Waals surface area contributed by atoms with Gasteiger partial charge in [-0.15, -0.1) is 5.10 Å². The molecule has 8 heteroatoms. The van der Waals surface area contributed by atoms with Crippen molar-refractivity contribution in [1.82, 2.24) is 14.8 Å². The molecule has 0 radical (unpaired) electrons. The maximum atomic E-state index is 12.5. The SMILES string of the molecule is COc1cccc(C(=O)Nc2ccc(-n3nc(OC(C)C)nc3-c3ccco3)cc2)c1. The zero-order valence-electron chi connectivity index (χ0n) is 17.4. The molecule has 1 N–H and O–H groups in total. The van der Waals surface area contributed by atoms with Gasteiger partial charge < -0.3 is 19.2 Å². The van der Waals surface area contributed by atoms with Gasteiger partial charge >= 0.3 is 6.01 Å². The number of benzene rings is 2. The summed E-state index contributed by atoms with van der Waals surface area (Å²) in [6, 6.07) is 18.1. The number of furan rings is 1. The summed E-state index contributed by atoms with van der Waals surface area (Å²) >= 11 is 0. The van der Waals surface area contributed by atoms with Gasteiger partial charge in [0.1, 0.15) is 5.75 Å². The van der Waals surface area contributed by atoms with Gasteiger partial charge in [-0.1, -0.05) is 6.07 Å². The fourth-order valence-corrected chi connectivity index (χ4v) is 2.95. The highest BCUT2D eigenvalue weighted by Gasteiger charge is 2.17. The summed E-state index contributed by atoms with van der Waals surface area (Å²) in [6.45, 7) is 3.82. The Labute approximate surface area is 179 Å². The second-order valence-electron chi connectivity index (χ2n) is 7.01. The second-order valence-corrected chi connectivity index (χ2v) is 7.01. The number of amides is 1. The Morgan fingerprint density at radius 1 is 1.10 bits per heavy atom. The number of hydrogen-bond donors (Lipinski definition) is 1. The number of rotatable bonds is 7. The van der Waals surface area contributed by atoms with Crippen LogP contribution in [0.25, 0.3) is 17.3 Å². The van der Waals surface area contributed by atoms with E-state index >= 15 is 0 Å². The van der Waals surface area contributed by atoms with E-state index in [0.717, 1.165) is 5.69 Å². The molecule has 0 unspecified atom stereocenters. The first-order valence-electron chi connectivity index (χ1n) is 9.77. The van der Waals surface area contributed by atoms with Gasteiger partial charge in [-0.2, -0.15) is 4.98 Å². The van der Waals surface area contributed by atoms with Crippen LogP contribution in [0.5, 0.6) is 11.8 Å². The van der Waals surface area contributed by atoms with E-state index in [4.69, 9.17) is 13.9 Å². The number of aromatic nitrogens is 3. The predicted molar refractivity (Wildman–Crippen MR) is 116 cm³/mol. The van der Waals surface area contributed by atoms with E-state index in [1.807, 2.05) is 32.0 Å². The maximum Gasteiger partial charge on any atom is 0.336 e. The monoisotopic (exact) mass is 418 g/mol. The van der Waals surface area contributed by atoms with Crippen LogP contribution in [-0.2, 0) is 0 Å². The van der Waals surface area contributed by atoms with Crippen molar-refractivity contribution in [3.05, 3.63) is 72.5 Å². The summed E-state index contributed by atoms with van der Waals surface area (Å²) in [4.78, 5) is 17.0. The number of ether oxygens (including phenoxy) is 2. The largest absolute Gasteiger partial charge is 0.497 e. The van der Waals surface area contributed by atoms with Crippen molar-refractivity contribution in [3.8, 4) is 29.0 Å². The van der Waals surface area contributed by atoms with Gasteiger partial charge in [-0.25, -0.2) is 4.68 Å². The minimum Gasteiger partial charge on any atom is -0.497 e. The lowest BCUT2D eigenvalue weighted by Gasteiger charge is -2.08. The number of methoxy groups -OCH3 is 1. The average Bonchev–Trinajstić information content (AvgIpc) is 3.44. The molecule has 4 rings (SSSR count). The van der Waals surface area contributed by atoms with Crippen molar-refractivity contribution in [2.45, 2.75) is 20.0 Å². The molecule has 8 nitrogen and oxygen atoms in total. The van der Waals surface area contributed by atoms with Gasteiger partial charge in [0.25, 0.3) is 5.91 Å². The van der Waals surface area contributed by atoms with Crippen molar-refractivity contribution in [2.24, 2.45) is 0 Å². The molecule has 0 aliphatic carbocycles. The molecule has 2 aromatic heterocycles. The van der Waals surface area contributed by atoms with E-state index in [-0.39, 0.29) is 18.0 Å². The average molecular weight is 418 g/mol. The highest BCUT2D eigenvalue weighted by Crippen LogP contribution is 2.25. The molecular formula is C23H22N4O4. The lowest BCUT2D eigenvalue weighted by atomic mass is 10.2. The number of anilines is 1. The minimum atomic E-state index is -0.226. The Hall–Kier alpha value is -4.07. The fourth-order valence-electron chi connectivity index (χ4n) is 2.95. The van der Waals surface area contributed by atoms with E-state index in [0.29, 0.717) is 28.6 Å². The number of hydrogen-bond acceptors (Lipinski definition) is 6. The van der Waals surface area contributed by atoms with Crippen molar-refractivity contribution < 1.29 is 18.7 Å². The molecule has 0 bridgehead atoms. The second kappa shape index (κ2) is 8.74. The van der Waals surface area contributed by atoms with Crippen LogP contribution in [0, 0.1) is 0 Å². The quantitative estimate of drug-likeness (QED) is 0.473. The van der Waals surface area contributed by atoms with Gasteiger partial charge in [-0.3, -0.25) is 4.79 Å². The summed E-state index contributed by atoms with van der Waals surface area (Å²) in [5.41, 5.74) is 1.90. The predicted octanol–water partition coefficient (Wildman–Crippen LogP) is 4.58. The van der Waals surface area contributed by atoms with Crippen molar-refractivity contribution in [2.75, 3.05) is 12.4 Å². The lowest BCUT2D eigenvalue weighted by molar-refractivity contribution is 0.102. The van der Waals surface area contributed by atoms with Gasteiger partial charge in [0.05, 0.1) is 25.2 Å². The Bertz CT molecular complexity index is 1160. The normalized spacial score (nSPS) is 10.8. The molecule has 2 heterocycles. The fraction of sp³-hybridized carbons (Fsp3) is 0.174. The zero-order valence-corrected chi connectivity index (χ0v) is 17.4. The third-order valence-corrected chi connectivity index (χ3v) is 4.37. The Balaban J connectivity index is 1.58. The summed E-state index contributed by atoms with van der Waals surface area (Å²) in [6.07, 6.45) is 1.52. The first kappa shape index (κ1) is 20.2. The van der Waals surface area contributed by atoms with E-state index in [1.165, 1.54) is 0 Å². The Kier molecular flexibility index (Phi) is 5.70. The van der Waals surface area contributed by atoms with Crippen molar-refractivity contribution in [3.63, 3.8) is 0 Å². The molecule has 0 saturated heterocycles. The lowest BCUT2D eigenvalue weighted by Crippen LogP contribution is -2.12. The summed E-state index contributed by atoms with van der Waals surface area (Å²) < 4.78 is 18.0. The molecular weight excluding hydrogens is 396 g/mol. The van der Waals surface area contributed by atoms with Crippen LogP contribution in [0.4, 0.5) is 5.69 Å². The van der Waals surface area contributed by atoms with Crippen LogP contribution in [-0.4, -0.2) is 33.9 Å². The van der Waals surface area contributed by atoms with E-state index in [1.54, 1.807) is 60.5 Å². The van der Waals surface area contributed by atoms with Crippen LogP contribution < -0.4 is 14.8 Å². The molecule has 1 amide bonds. The minimum absolute atomic E-state index is 0.0606. The molecule has 0 spiro atoms. The van der Waals surface area contributed by atoms with Gasteiger partial charge in [0.2, 0.25) is 5.82 Å². The van der Waals surface area contributed by atoms with Crippen LogP contribution in [0.15, 0.2) is 71.3 Å². The highest BCUT2D eigenvalue weighted by molar-refractivity contribution is 6.04. The van der Waals surface area contributed by atoms with Crippen LogP contribution in [0.3, 0.4) is 0 Å². The molecule has 31 heavy (non-hydrogen) atoms. The van der Waals surface area contributed by atoms with Crippen molar-refractivity contribution in [1.29, 1.82) is 0 Å². The summed E-state index contributed by atoms with van der Waals surface area (Å²) in [7, 11) is 1.56. The third kappa shape index (κ3) is 4.58. The number of nitrogens with zero attached hydrogens (tertiary/aromatic N) is 3. The molecule has 0 aliphatic heterocycles. The maximum absolute atomic E-state index is 12.5. The topological polar surface area (TPSA) is 91.4 Å². The van der Waals surface area contributed by atoms with Crippen LogP contribution in [0.1, 0.15) is 24.2 Å². The summed E-state index contributed by atoms with van der Waals surface area (Å²) in [5.74, 6) is 1.49. The van der Waals surface area contributed by atoms with E-state index < -0.39 is 0 Å². The number of carbonyl (C=O) groups is 1. The third-order valence-electron chi connectivity index (χ3n) is 4.37. The smallest absolute Gasteiger partial charge is 0.336 e. The van der Waals surface area contributed by atoms with Gasteiger partial charge in [0, 0.05) is 11.3 Å². The zero-order chi connectivity index (χ0) is 21.8. The highest BCUT2D eigenvalue weighted by atomic mass is 16.5. The van der Waals surface area contributed by atoms with Crippen molar-refractivity contribution >= 4 is 11.6 Å². The van der Waals surface area contributed by atoms with Crippen LogP contribution in [0.2, 0.25) is 0 Å². The molecule has 0 saturated carbocycles. The molecule has 0 fully saturated rings. The Morgan fingerprint density at radius 3 is 2.58 bits per heavy atom. The first-order chi connectivity index (χ1) is 15.0. The van der Waals surface area contributed by atoms with Gasteiger partial charge in [0.15, 0.2) is 5.76 Å². The van der Waals surface area contributed by atoms with E-state index in [2.05, 4.69) is 15.4 Å². The molecule has 2 aromatic carbocycles.